The largest absolute Gasteiger partial charge is 0.504 e. The molecule has 4 nitrogen and oxygen atoms in total. The molecule has 1 aromatic rings. The monoisotopic (exact) mass is 197 g/mol. The van der Waals surface area contributed by atoms with Gasteiger partial charge >= 0.3 is 5.97 Å². The summed E-state index contributed by atoms with van der Waals surface area (Å²) in [7, 11) is 1.43. The second-order valence-electron chi connectivity index (χ2n) is 2.60. The van der Waals surface area contributed by atoms with Crippen LogP contribution in [0.3, 0.4) is 0 Å². The number of carboxylic acid groups (broad SMARTS) is 1. The van der Waals surface area contributed by atoms with Crippen LogP contribution >= 0.6 is 0 Å². The van der Waals surface area contributed by atoms with Crippen molar-refractivity contribution in [3.05, 3.63) is 29.8 Å². The second kappa shape index (κ2) is 4.32. The molecule has 0 aliphatic heterocycles. The Balaban J connectivity index is 0.00000196. The lowest BCUT2D eigenvalue weighted by Gasteiger charge is -2.03. The number of carboxylic acids is 1. The van der Waals surface area contributed by atoms with Gasteiger partial charge in [0.15, 0.2) is 11.5 Å². The Bertz CT molecular complexity index is 374. The van der Waals surface area contributed by atoms with Gasteiger partial charge in [0.05, 0.1) is 7.11 Å². The summed E-state index contributed by atoms with van der Waals surface area (Å²) in [5.41, 5.74) is 0.655. The summed E-state index contributed by atoms with van der Waals surface area (Å²) < 4.78 is 4.86. The summed E-state index contributed by atoms with van der Waals surface area (Å²) in [6.45, 7) is 0. The van der Waals surface area contributed by atoms with Crippen molar-refractivity contribution in [1.82, 2.24) is 0 Å². The van der Waals surface area contributed by atoms with Crippen LogP contribution in [0.25, 0.3) is 6.08 Å². The topological polar surface area (TPSA) is 66.8 Å². The van der Waals surface area contributed by atoms with Crippen LogP contribution in [0, 0.1) is 0 Å². The van der Waals surface area contributed by atoms with Gasteiger partial charge in [-0.15, -0.1) is 0 Å². The Hall–Kier alpha value is -1.97. The zero-order valence-electron chi connectivity index (χ0n) is 7.60. The normalized spacial score (nSPS) is 10.4. The number of phenolic OH excluding ortho intramolecular Hbond substituents is 1. The van der Waals surface area contributed by atoms with E-state index in [1.54, 1.807) is 12.1 Å². The molecule has 14 heavy (non-hydrogen) atoms. The maximum Gasteiger partial charge on any atom is 0.328 e. The van der Waals surface area contributed by atoms with Crippen molar-refractivity contribution in [2.45, 2.75) is 0 Å². The predicted octanol–water partition coefficient (Wildman–Crippen LogP) is 1.74. The fourth-order valence-electron chi connectivity index (χ4n) is 0.965. The van der Waals surface area contributed by atoms with Crippen LogP contribution in [0.1, 0.15) is 6.99 Å². The molecule has 0 saturated carbocycles. The van der Waals surface area contributed by atoms with Gasteiger partial charge in [-0.1, -0.05) is 6.07 Å². The van der Waals surface area contributed by atoms with E-state index in [4.69, 9.17) is 9.84 Å². The van der Waals surface area contributed by atoms with Gasteiger partial charge in [-0.05, 0) is 23.8 Å². The lowest BCUT2D eigenvalue weighted by atomic mass is 10.2. The number of methoxy groups -OCH3 is 1. The number of rotatable bonds is 3. The smallest absolute Gasteiger partial charge is 0.328 e. The Morgan fingerprint density at radius 3 is 2.86 bits per heavy atom. The van der Waals surface area contributed by atoms with E-state index in [0.29, 0.717) is 11.3 Å². The van der Waals surface area contributed by atoms with E-state index in [1.165, 1.54) is 19.3 Å². The number of aliphatic carboxylic acids is 1. The van der Waals surface area contributed by atoms with Crippen LogP contribution < -0.4 is 4.74 Å². The van der Waals surface area contributed by atoms with E-state index in [-0.39, 0.29) is 7.18 Å². The highest BCUT2D eigenvalue weighted by atomic mass is 16.5. The minimum atomic E-state index is -1.02. The first-order valence-electron chi connectivity index (χ1n) is 3.91. The second-order valence-corrected chi connectivity index (χ2v) is 2.60. The Labute approximate surface area is 82.5 Å². The molecule has 0 saturated heterocycles. The van der Waals surface area contributed by atoms with E-state index in [9.17, 15) is 9.90 Å². The van der Waals surface area contributed by atoms with Crippen molar-refractivity contribution >= 4 is 12.0 Å². The molecule has 2 N–H and O–H groups in total. The van der Waals surface area contributed by atoms with Gasteiger partial charge in [-0.25, -0.2) is 4.79 Å². The highest BCUT2D eigenvalue weighted by Gasteiger charge is 2.00. The molecule has 76 valence electrons. The molecule has 0 heterocycles. The average Bonchev–Trinajstić information content (AvgIpc) is 2.16. The van der Waals surface area contributed by atoms with Crippen molar-refractivity contribution in [2.75, 3.05) is 7.11 Å². The fraction of sp³-hybridized carbons (Fsp3) is 0.100. The first-order valence-corrected chi connectivity index (χ1v) is 3.91. The molecular formula is C10H12O4. The lowest BCUT2D eigenvalue weighted by Crippen LogP contribution is -1.87. The molecule has 1 rings (SSSR count). The molecule has 0 unspecified atom stereocenters. The SMILES string of the molecule is COc1cc(/C=C/C(=O)O)ccc1O.[2HH]. The predicted molar refractivity (Wildman–Crippen MR) is 53.4 cm³/mol. The summed E-state index contributed by atoms with van der Waals surface area (Å²) in [4.78, 5) is 10.2. The molecule has 0 atom stereocenters. The Morgan fingerprint density at radius 1 is 1.57 bits per heavy atom. The van der Waals surface area contributed by atoms with Gasteiger partial charge in [0, 0.05) is 7.50 Å². The number of aromatic hydroxyl groups is 1. The van der Waals surface area contributed by atoms with Gasteiger partial charge in [0.2, 0.25) is 0 Å². The highest BCUT2D eigenvalue weighted by Crippen LogP contribution is 2.26. The summed E-state index contributed by atoms with van der Waals surface area (Å²) in [5, 5.41) is 17.6. The third-order valence-corrected chi connectivity index (χ3v) is 1.62. The summed E-state index contributed by atoms with van der Waals surface area (Å²) in [6.07, 6.45) is 2.44. The van der Waals surface area contributed by atoms with Crippen molar-refractivity contribution in [3.63, 3.8) is 0 Å². The fourth-order valence-corrected chi connectivity index (χ4v) is 0.965. The number of carbonyl (C=O) groups is 1. The number of hydrogen-bond donors (Lipinski definition) is 2. The zero-order chi connectivity index (χ0) is 10.6. The minimum Gasteiger partial charge on any atom is -0.504 e. The summed E-state index contributed by atoms with van der Waals surface area (Å²) in [5.74, 6) is -0.672. The van der Waals surface area contributed by atoms with Gasteiger partial charge in [0.1, 0.15) is 0 Å². The van der Waals surface area contributed by atoms with E-state index in [0.717, 1.165) is 6.08 Å². The molecular weight excluding hydrogens is 184 g/mol. The van der Waals surface area contributed by atoms with Crippen LogP contribution in [0.5, 0.6) is 11.5 Å². The van der Waals surface area contributed by atoms with Crippen LogP contribution in [0.4, 0.5) is 0 Å². The van der Waals surface area contributed by atoms with Gasteiger partial charge < -0.3 is 14.9 Å². The molecule has 0 bridgehead atoms. The molecule has 1 aromatic carbocycles. The molecule has 4 heteroatoms. The van der Waals surface area contributed by atoms with Gasteiger partial charge in [0.25, 0.3) is 0 Å². The van der Waals surface area contributed by atoms with Crippen LogP contribution in [0.15, 0.2) is 24.3 Å². The number of phenols is 1. The highest BCUT2D eigenvalue weighted by molar-refractivity contribution is 5.85. The molecule has 0 amide bonds. The quantitative estimate of drug-likeness (QED) is 0.724. The maximum atomic E-state index is 10.2. The Morgan fingerprint density at radius 2 is 2.29 bits per heavy atom. The van der Waals surface area contributed by atoms with Crippen molar-refractivity contribution in [2.24, 2.45) is 0 Å². The third-order valence-electron chi connectivity index (χ3n) is 1.62. The minimum absolute atomic E-state index is 0. The first-order chi connectivity index (χ1) is 6.63. The summed E-state index contributed by atoms with van der Waals surface area (Å²) in [6, 6.07) is 4.59. The van der Waals surface area contributed by atoms with Crippen LogP contribution in [0.2, 0.25) is 0 Å². The molecule has 0 aliphatic rings. The lowest BCUT2D eigenvalue weighted by molar-refractivity contribution is -0.131. The van der Waals surface area contributed by atoms with E-state index in [2.05, 4.69) is 0 Å². The van der Waals surface area contributed by atoms with Crippen LogP contribution in [-0.2, 0) is 4.79 Å². The van der Waals surface area contributed by atoms with Gasteiger partial charge in [-0.2, -0.15) is 0 Å². The number of benzene rings is 1. The maximum absolute atomic E-state index is 10.2. The van der Waals surface area contributed by atoms with E-state index in [1.807, 2.05) is 0 Å². The number of ether oxygens (including phenoxy) is 1. The first kappa shape index (κ1) is 10.1. The van der Waals surface area contributed by atoms with Crippen molar-refractivity contribution in [3.8, 4) is 11.5 Å². The third kappa shape index (κ3) is 2.52. The van der Waals surface area contributed by atoms with Crippen molar-refractivity contribution < 1.29 is 21.2 Å². The zero-order valence-corrected chi connectivity index (χ0v) is 7.60. The van der Waals surface area contributed by atoms with E-state index >= 15 is 0 Å². The van der Waals surface area contributed by atoms with Crippen LogP contribution in [-0.4, -0.2) is 23.3 Å². The summed E-state index contributed by atoms with van der Waals surface area (Å²) >= 11 is 0. The molecule has 0 fully saturated rings. The standard InChI is InChI=1S/C10H10O4.H2/c1-14-9-6-7(2-4-8(9)11)3-5-10(12)13;/h2-6,11H,1H3,(H,12,13);1H/b5-3+;/i;1+1. The van der Waals surface area contributed by atoms with Gasteiger partial charge in [-0.3, -0.25) is 0 Å². The Kier molecular flexibility index (Phi) is 3.12. The van der Waals surface area contributed by atoms with E-state index < -0.39 is 5.97 Å². The average molecular weight is 197 g/mol. The molecule has 0 spiro atoms. The molecule has 0 radical (unpaired) electrons. The molecule has 0 aliphatic carbocycles. The molecule has 0 aromatic heterocycles. The number of hydrogen-bond acceptors (Lipinski definition) is 3. The van der Waals surface area contributed by atoms with Crippen molar-refractivity contribution in [1.29, 1.82) is 0 Å².